The van der Waals surface area contributed by atoms with Crippen molar-refractivity contribution in [2.24, 2.45) is 0 Å². The van der Waals surface area contributed by atoms with Gasteiger partial charge in [-0.3, -0.25) is 9.59 Å². The number of hydrogen-bond acceptors (Lipinski definition) is 5. The lowest BCUT2D eigenvalue weighted by molar-refractivity contribution is -0.140. The molecule has 0 aromatic heterocycles. The van der Waals surface area contributed by atoms with E-state index in [4.69, 9.17) is 32.7 Å². The predicted molar refractivity (Wildman–Crippen MR) is 120 cm³/mol. The zero-order valence-corrected chi connectivity index (χ0v) is 19.2. The molecule has 1 saturated heterocycles. The molecular formula is C23H23Cl2NO5. The number of amides is 1. The van der Waals surface area contributed by atoms with Crippen molar-refractivity contribution in [3.05, 3.63) is 68.2 Å². The summed E-state index contributed by atoms with van der Waals surface area (Å²) in [4.78, 5) is 27.3. The van der Waals surface area contributed by atoms with Crippen molar-refractivity contribution in [1.82, 2.24) is 4.90 Å². The quantitative estimate of drug-likeness (QED) is 0.382. The van der Waals surface area contributed by atoms with Crippen LogP contribution in [-0.2, 0) is 14.3 Å². The fraction of sp³-hybridized carbons (Fsp3) is 0.304. The molecule has 1 N–H and O–H groups in total. The summed E-state index contributed by atoms with van der Waals surface area (Å²) in [5.41, 5.74) is 2.52. The van der Waals surface area contributed by atoms with E-state index < -0.39 is 17.7 Å². The molecule has 0 saturated carbocycles. The number of carbonyl (C=O) groups is 2. The van der Waals surface area contributed by atoms with Gasteiger partial charge in [-0.1, -0.05) is 35.3 Å². The summed E-state index contributed by atoms with van der Waals surface area (Å²) in [6.45, 7) is 4.09. The number of hydrogen-bond donors (Lipinski definition) is 1. The number of aliphatic hydroxyl groups excluding tert-OH is 1. The molecule has 2 aromatic rings. The molecule has 1 fully saturated rings. The molecule has 0 radical (unpaired) electrons. The molecule has 8 heteroatoms. The maximum absolute atomic E-state index is 13.0. The molecule has 1 aliphatic heterocycles. The molecule has 0 aliphatic carbocycles. The van der Waals surface area contributed by atoms with E-state index in [1.165, 1.54) is 19.1 Å². The minimum Gasteiger partial charge on any atom is -0.507 e. The third kappa shape index (κ3) is 4.28. The molecule has 2 aromatic carbocycles. The smallest absolute Gasteiger partial charge is 0.295 e. The van der Waals surface area contributed by atoms with Crippen molar-refractivity contribution in [3.63, 3.8) is 0 Å². The molecule has 1 aliphatic rings. The molecule has 164 valence electrons. The van der Waals surface area contributed by atoms with Crippen LogP contribution < -0.4 is 4.74 Å². The molecule has 1 unspecified atom stereocenters. The Kier molecular flexibility index (Phi) is 6.94. The molecule has 1 heterocycles. The summed E-state index contributed by atoms with van der Waals surface area (Å²) in [6, 6.07) is 7.63. The zero-order valence-electron chi connectivity index (χ0n) is 17.7. The molecule has 1 atom stereocenters. The molecule has 6 nitrogen and oxygen atoms in total. The van der Waals surface area contributed by atoms with Crippen LogP contribution >= 0.6 is 23.2 Å². The Morgan fingerprint density at radius 2 is 1.81 bits per heavy atom. The van der Waals surface area contributed by atoms with Gasteiger partial charge in [-0.15, -0.1) is 0 Å². The van der Waals surface area contributed by atoms with Gasteiger partial charge in [0.15, 0.2) is 0 Å². The summed E-state index contributed by atoms with van der Waals surface area (Å²) >= 11 is 12.3. The van der Waals surface area contributed by atoms with Crippen molar-refractivity contribution >= 4 is 40.7 Å². The fourth-order valence-corrected chi connectivity index (χ4v) is 4.18. The summed E-state index contributed by atoms with van der Waals surface area (Å²) < 4.78 is 10.6. The lowest BCUT2D eigenvalue weighted by Crippen LogP contribution is -2.32. The van der Waals surface area contributed by atoms with Gasteiger partial charge in [-0.25, -0.2) is 0 Å². The Balaban J connectivity index is 2.28. The summed E-state index contributed by atoms with van der Waals surface area (Å²) in [6.07, 6.45) is 0. The average Bonchev–Trinajstić information content (AvgIpc) is 2.97. The number of methoxy groups -OCH3 is 2. The first-order valence-corrected chi connectivity index (χ1v) is 10.3. The van der Waals surface area contributed by atoms with Crippen LogP contribution in [0.5, 0.6) is 5.75 Å². The van der Waals surface area contributed by atoms with E-state index in [1.807, 2.05) is 19.9 Å². The first-order chi connectivity index (χ1) is 14.7. The number of benzene rings is 2. The van der Waals surface area contributed by atoms with E-state index in [2.05, 4.69) is 0 Å². The minimum atomic E-state index is -0.851. The fourth-order valence-electron chi connectivity index (χ4n) is 3.88. The second-order valence-electron chi connectivity index (χ2n) is 7.32. The van der Waals surface area contributed by atoms with Crippen LogP contribution in [0.25, 0.3) is 5.76 Å². The van der Waals surface area contributed by atoms with Crippen LogP contribution in [0.4, 0.5) is 0 Å². The second kappa shape index (κ2) is 9.30. The lowest BCUT2D eigenvalue weighted by Gasteiger charge is -2.25. The first-order valence-electron chi connectivity index (χ1n) is 9.59. The van der Waals surface area contributed by atoms with Gasteiger partial charge >= 0.3 is 0 Å². The highest BCUT2D eigenvalue weighted by Crippen LogP contribution is 2.42. The Morgan fingerprint density at radius 1 is 1.10 bits per heavy atom. The van der Waals surface area contributed by atoms with Crippen LogP contribution in [0.3, 0.4) is 0 Å². The Bertz CT molecular complexity index is 1080. The number of likely N-dealkylation sites (tertiary alicyclic amines) is 1. The first kappa shape index (κ1) is 23.1. The Hall–Kier alpha value is -2.54. The van der Waals surface area contributed by atoms with Crippen LogP contribution in [0.1, 0.15) is 28.3 Å². The van der Waals surface area contributed by atoms with E-state index in [9.17, 15) is 14.7 Å². The molecule has 0 bridgehead atoms. The number of ketones is 1. The van der Waals surface area contributed by atoms with Crippen LogP contribution in [0, 0.1) is 13.8 Å². The minimum absolute atomic E-state index is 0.0391. The van der Waals surface area contributed by atoms with Crippen molar-refractivity contribution in [3.8, 4) is 5.75 Å². The van der Waals surface area contributed by atoms with Crippen LogP contribution in [0.15, 0.2) is 35.9 Å². The lowest BCUT2D eigenvalue weighted by atomic mass is 9.93. The van der Waals surface area contributed by atoms with Crippen molar-refractivity contribution < 1.29 is 24.2 Å². The SMILES string of the molecule is COCCN1C(=O)C(=O)/C(=C(/O)c2cc(C)cc(C)c2OC)C1c1ccc(Cl)c(Cl)c1. The van der Waals surface area contributed by atoms with E-state index in [-0.39, 0.29) is 29.5 Å². The topological polar surface area (TPSA) is 76.1 Å². The maximum Gasteiger partial charge on any atom is 0.295 e. The van der Waals surface area contributed by atoms with Gasteiger partial charge in [0.1, 0.15) is 11.5 Å². The number of Topliss-reactive ketones (excluding diaryl/α,β-unsaturated/α-hetero) is 1. The zero-order chi connectivity index (χ0) is 22.9. The number of aliphatic hydroxyl groups is 1. The van der Waals surface area contributed by atoms with Crippen molar-refractivity contribution in [2.45, 2.75) is 19.9 Å². The third-order valence-corrected chi connectivity index (χ3v) is 5.95. The van der Waals surface area contributed by atoms with E-state index in [1.54, 1.807) is 24.3 Å². The Labute approximate surface area is 191 Å². The number of ether oxygens (including phenoxy) is 2. The highest BCUT2D eigenvalue weighted by atomic mass is 35.5. The Morgan fingerprint density at radius 3 is 2.42 bits per heavy atom. The average molecular weight is 464 g/mol. The molecule has 0 spiro atoms. The van der Waals surface area contributed by atoms with Gasteiger partial charge in [0.05, 0.1) is 40.9 Å². The van der Waals surface area contributed by atoms with Crippen LogP contribution in [0.2, 0.25) is 10.0 Å². The number of aryl methyl sites for hydroxylation is 2. The molecule has 31 heavy (non-hydrogen) atoms. The standard InChI is InChI=1S/C23H23Cl2NO5/c1-12-9-13(2)22(31-4)15(10-12)20(27)18-19(14-5-6-16(24)17(25)11-14)26(7-8-30-3)23(29)21(18)28/h5-6,9-11,19,27H,7-8H2,1-4H3/b20-18+. The van der Waals surface area contributed by atoms with Gasteiger partial charge in [0, 0.05) is 13.7 Å². The van der Waals surface area contributed by atoms with Crippen molar-refractivity contribution in [1.29, 1.82) is 0 Å². The van der Waals surface area contributed by atoms with Gasteiger partial charge in [-0.2, -0.15) is 0 Å². The number of carbonyl (C=O) groups excluding carboxylic acids is 2. The highest BCUT2D eigenvalue weighted by molar-refractivity contribution is 6.47. The van der Waals surface area contributed by atoms with Gasteiger partial charge < -0.3 is 19.5 Å². The summed E-state index contributed by atoms with van der Waals surface area (Å²) in [5, 5.41) is 11.9. The van der Waals surface area contributed by atoms with Gasteiger partial charge in [0.25, 0.3) is 11.7 Å². The third-order valence-electron chi connectivity index (χ3n) is 5.21. The van der Waals surface area contributed by atoms with Gasteiger partial charge in [-0.05, 0) is 48.7 Å². The normalized spacial score (nSPS) is 18.0. The number of nitrogens with zero attached hydrogens (tertiary/aromatic N) is 1. The van der Waals surface area contributed by atoms with E-state index in [0.717, 1.165) is 11.1 Å². The van der Waals surface area contributed by atoms with Gasteiger partial charge in [0.2, 0.25) is 0 Å². The summed E-state index contributed by atoms with van der Waals surface area (Å²) in [5.74, 6) is -1.39. The highest BCUT2D eigenvalue weighted by Gasteiger charge is 2.46. The van der Waals surface area contributed by atoms with E-state index in [0.29, 0.717) is 21.9 Å². The van der Waals surface area contributed by atoms with E-state index >= 15 is 0 Å². The largest absolute Gasteiger partial charge is 0.507 e. The monoisotopic (exact) mass is 463 g/mol. The maximum atomic E-state index is 13.0. The summed E-state index contributed by atoms with van der Waals surface area (Å²) in [7, 11) is 2.99. The van der Waals surface area contributed by atoms with Crippen LogP contribution in [-0.4, -0.2) is 49.1 Å². The number of halogens is 2. The van der Waals surface area contributed by atoms with Crippen molar-refractivity contribution in [2.75, 3.05) is 27.4 Å². The predicted octanol–water partition coefficient (Wildman–Crippen LogP) is 4.69. The molecule has 3 rings (SSSR count). The molecule has 1 amide bonds. The number of rotatable bonds is 6. The second-order valence-corrected chi connectivity index (χ2v) is 8.14. The molecular weight excluding hydrogens is 441 g/mol.